The molecule has 0 radical (unpaired) electrons. The number of nitrogens with two attached hydrogens (primary N) is 1. The van der Waals surface area contributed by atoms with E-state index in [1.54, 1.807) is 10.7 Å². The summed E-state index contributed by atoms with van der Waals surface area (Å²) in [7, 11) is 0. The summed E-state index contributed by atoms with van der Waals surface area (Å²) in [6.07, 6.45) is 1.72. The molecule has 3 rings (SSSR count). The second-order valence-corrected chi connectivity index (χ2v) is 5.27. The van der Waals surface area contributed by atoms with Gasteiger partial charge in [-0.25, -0.2) is 4.98 Å². The zero-order valence-electron chi connectivity index (χ0n) is 10.5. The summed E-state index contributed by atoms with van der Waals surface area (Å²) in [4.78, 5) is 4.40. The molecular weight excluding hydrogens is 262 g/mol. The molecule has 7 nitrogen and oxygen atoms in total. The molecule has 0 unspecified atom stereocenters. The molecule has 3 N–H and O–H groups in total. The van der Waals surface area contributed by atoms with E-state index in [2.05, 4.69) is 25.6 Å². The SMILES string of the molecule is Cc1cc(N[C@@H](C)c2nnc(N)s2)n2nccc2n1. The molecule has 0 saturated carbocycles. The van der Waals surface area contributed by atoms with E-state index < -0.39 is 0 Å². The summed E-state index contributed by atoms with van der Waals surface area (Å²) in [5.41, 5.74) is 7.34. The van der Waals surface area contributed by atoms with Gasteiger partial charge in [-0.2, -0.15) is 9.61 Å². The van der Waals surface area contributed by atoms with Crippen LogP contribution in [0.1, 0.15) is 23.7 Å². The molecule has 0 bridgehead atoms. The fourth-order valence-electron chi connectivity index (χ4n) is 1.85. The number of nitrogen functional groups attached to an aromatic ring is 1. The fourth-order valence-corrected chi connectivity index (χ4v) is 2.46. The van der Waals surface area contributed by atoms with Gasteiger partial charge in [0.2, 0.25) is 5.13 Å². The Morgan fingerprint density at radius 2 is 2.26 bits per heavy atom. The van der Waals surface area contributed by atoms with Crippen LogP contribution in [-0.2, 0) is 0 Å². The maximum Gasteiger partial charge on any atom is 0.203 e. The summed E-state index contributed by atoms with van der Waals surface area (Å²) in [6.45, 7) is 3.96. The molecule has 0 amide bonds. The Bertz CT molecular complexity index is 717. The summed E-state index contributed by atoms with van der Waals surface area (Å²) >= 11 is 1.37. The van der Waals surface area contributed by atoms with Crippen molar-refractivity contribution in [2.45, 2.75) is 19.9 Å². The van der Waals surface area contributed by atoms with Gasteiger partial charge in [-0.05, 0) is 13.8 Å². The van der Waals surface area contributed by atoms with E-state index in [1.807, 2.05) is 26.0 Å². The Morgan fingerprint density at radius 3 is 3.00 bits per heavy atom. The largest absolute Gasteiger partial charge is 0.374 e. The summed E-state index contributed by atoms with van der Waals surface area (Å²) < 4.78 is 1.76. The lowest BCUT2D eigenvalue weighted by atomic mass is 10.3. The van der Waals surface area contributed by atoms with Crippen LogP contribution in [0.4, 0.5) is 10.9 Å². The van der Waals surface area contributed by atoms with Gasteiger partial charge in [-0.15, -0.1) is 10.2 Å². The van der Waals surface area contributed by atoms with Gasteiger partial charge in [0.1, 0.15) is 10.8 Å². The van der Waals surface area contributed by atoms with Crippen LogP contribution in [0.3, 0.4) is 0 Å². The number of hydrogen-bond acceptors (Lipinski definition) is 7. The fraction of sp³-hybridized carbons (Fsp3) is 0.273. The average molecular weight is 275 g/mol. The highest BCUT2D eigenvalue weighted by atomic mass is 32.1. The standard InChI is InChI=1S/C11H13N7S/c1-6-5-9(18-8(14-6)3-4-13-18)15-7(2)10-16-17-11(12)19-10/h3-5,7,15H,1-2H3,(H2,12,17)/t7-/m0/s1. The molecular formula is C11H13N7S. The van der Waals surface area contributed by atoms with Gasteiger partial charge in [-0.1, -0.05) is 11.3 Å². The van der Waals surface area contributed by atoms with Crippen LogP contribution in [0.25, 0.3) is 5.65 Å². The molecule has 1 atom stereocenters. The number of nitrogens with one attached hydrogen (secondary N) is 1. The number of aromatic nitrogens is 5. The molecule has 0 fully saturated rings. The van der Waals surface area contributed by atoms with Crippen LogP contribution in [0, 0.1) is 6.92 Å². The van der Waals surface area contributed by atoms with Crippen molar-refractivity contribution < 1.29 is 0 Å². The van der Waals surface area contributed by atoms with E-state index in [4.69, 9.17) is 5.73 Å². The normalized spacial score (nSPS) is 12.7. The number of fused-ring (bicyclic) bond motifs is 1. The zero-order valence-corrected chi connectivity index (χ0v) is 11.3. The minimum absolute atomic E-state index is 0.00370. The van der Waals surface area contributed by atoms with Crippen molar-refractivity contribution in [2.24, 2.45) is 0 Å². The third-order valence-electron chi connectivity index (χ3n) is 2.68. The molecule has 0 aliphatic carbocycles. The average Bonchev–Trinajstić information content (AvgIpc) is 2.97. The quantitative estimate of drug-likeness (QED) is 0.754. The summed E-state index contributed by atoms with van der Waals surface area (Å²) in [5.74, 6) is 0.869. The number of anilines is 2. The minimum Gasteiger partial charge on any atom is -0.374 e. The minimum atomic E-state index is 0.00370. The topological polar surface area (TPSA) is 94.0 Å². The maximum atomic E-state index is 5.60. The number of hydrogen-bond donors (Lipinski definition) is 2. The lowest BCUT2D eigenvalue weighted by Gasteiger charge is -2.13. The van der Waals surface area contributed by atoms with Gasteiger partial charge in [0.05, 0.1) is 12.2 Å². The molecule has 0 aliphatic heterocycles. The Kier molecular flexibility index (Phi) is 2.79. The van der Waals surface area contributed by atoms with Gasteiger partial charge < -0.3 is 11.1 Å². The van der Waals surface area contributed by atoms with Crippen molar-refractivity contribution in [3.8, 4) is 0 Å². The third kappa shape index (κ3) is 2.22. The highest BCUT2D eigenvalue weighted by molar-refractivity contribution is 7.15. The van der Waals surface area contributed by atoms with E-state index in [0.29, 0.717) is 5.13 Å². The Hall–Kier alpha value is -2.22. The Labute approximate surface area is 113 Å². The molecule has 3 aromatic rings. The first-order valence-electron chi connectivity index (χ1n) is 5.80. The van der Waals surface area contributed by atoms with Gasteiger partial charge >= 0.3 is 0 Å². The van der Waals surface area contributed by atoms with Crippen molar-refractivity contribution in [3.63, 3.8) is 0 Å². The van der Waals surface area contributed by atoms with Gasteiger partial charge in [0, 0.05) is 17.8 Å². The number of rotatable bonds is 3. The predicted molar refractivity (Wildman–Crippen MR) is 74.1 cm³/mol. The van der Waals surface area contributed by atoms with Crippen LogP contribution in [0.2, 0.25) is 0 Å². The van der Waals surface area contributed by atoms with E-state index in [1.165, 1.54) is 11.3 Å². The Morgan fingerprint density at radius 1 is 1.42 bits per heavy atom. The summed E-state index contributed by atoms with van der Waals surface area (Å²) in [5, 5.41) is 16.8. The summed E-state index contributed by atoms with van der Waals surface area (Å²) in [6, 6.07) is 3.82. The molecule has 98 valence electrons. The van der Waals surface area contributed by atoms with Gasteiger partial charge in [0.15, 0.2) is 5.65 Å². The van der Waals surface area contributed by atoms with Crippen molar-refractivity contribution in [1.82, 2.24) is 24.8 Å². The first-order valence-corrected chi connectivity index (χ1v) is 6.62. The molecule has 0 saturated heterocycles. The first kappa shape index (κ1) is 11.8. The number of nitrogens with zero attached hydrogens (tertiary/aromatic N) is 5. The number of aryl methyl sites for hydroxylation is 1. The molecule has 3 heterocycles. The van der Waals surface area contributed by atoms with Crippen LogP contribution < -0.4 is 11.1 Å². The van der Waals surface area contributed by atoms with Crippen molar-refractivity contribution in [1.29, 1.82) is 0 Å². The van der Waals surface area contributed by atoms with Crippen LogP contribution in [0.5, 0.6) is 0 Å². The molecule has 19 heavy (non-hydrogen) atoms. The van der Waals surface area contributed by atoms with Gasteiger partial charge in [0.25, 0.3) is 0 Å². The predicted octanol–water partition coefficient (Wildman–Crippen LogP) is 1.64. The van der Waals surface area contributed by atoms with Crippen molar-refractivity contribution in [2.75, 3.05) is 11.1 Å². The highest BCUT2D eigenvalue weighted by Gasteiger charge is 2.13. The molecule has 0 aromatic carbocycles. The first-order chi connectivity index (χ1) is 9.13. The van der Waals surface area contributed by atoms with Crippen molar-refractivity contribution >= 4 is 27.9 Å². The van der Waals surface area contributed by atoms with Crippen molar-refractivity contribution in [3.05, 3.63) is 29.0 Å². The van der Waals surface area contributed by atoms with E-state index in [-0.39, 0.29) is 6.04 Å². The van der Waals surface area contributed by atoms with Gasteiger partial charge in [-0.3, -0.25) is 0 Å². The van der Waals surface area contributed by atoms with E-state index >= 15 is 0 Å². The maximum absolute atomic E-state index is 5.60. The molecule has 8 heteroatoms. The zero-order chi connectivity index (χ0) is 13.4. The molecule has 3 aromatic heterocycles. The Balaban J connectivity index is 1.94. The lowest BCUT2D eigenvalue weighted by molar-refractivity contribution is 0.812. The molecule has 0 spiro atoms. The molecule has 0 aliphatic rings. The lowest BCUT2D eigenvalue weighted by Crippen LogP contribution is -2.11. The third-order valence-corrected chi connectivity index (χ3v) is 3.61. The van der Waals surface area contributed by atoms with E-state index in [0.717, 1.165) is 22.2 Å². The second kappa shape index (κ2) is 4.47. The van der Waals surface area contributed by atoms with Crippen LogP contribution in [0.15, 0.2) is 18.3 Å². The smallest absolute Gasteiger partial charge is 0.203 e. The second-order valence-electron chi connectivity index (χ2n) is 4.23. The van der Waals surface area contributed by atoms with Crippen LogP contribution >= 0.6 is 11.3 Å². The van der Waals surface area contributed by atoms with Crippen LogP contribution in [-0.4, -0.2) is 24.8 Å². The van der Waals surface area contributed by atoms with E-state index in [9.17, 15) is 0 Å². The monoisotopic (exact) mass is 275 g/mol. The highest BCUT2D eigenvalue weighted by Crippen LogP contribution is 2.23.